The van der Waals surface area contributed by atoms with Gasteiger partial charge in [0.2, 0.25) is 0 Å². The molecule has 0 aromatic heterocycles. The maximum atomic E-state index is 12.8. The minimum atomic E-state index is -4.14. The maximum Gasteiger partial charge on any atom is 0.404 e. The van der Waals surface area contributed by atoms with Crippen LogP contribution in [-0.4, -0.2) is 36.8 Å². The predicted octanol–water partition coefficient (Wildman–Crippen LogP) is 2.78. The second-order valence-corrected chi connectivity index (χ2v) is 4.90. The van der Waals surface area contributed by atoms with Crippen molar-refractivity contribution in [1.29, 1.82) is 0 Å². The normalized spacial score (nSPS) is 21.7. The SMILES string of the molecule is CCCC1CCN(C(CCN)C(F)(F)F)CC1. The highest BCUT2D eigenvalue weighted by Crippen LogP contribution is 2.31. The van der Waals surface area contributed by atoms with E-state index in [9.17, 15) is 13.2 Å². The quantitative estimate of drug-likeness (QED) is 0.815. The Morgan fingerprint density at radius 2 is 1.88 bits per heavy atom. The summed E-state index contributed by atoms with van der Waals surface area (Å²) < 4.78 is 38.5. The molecule has 1 saturated heterocycles. The van der Waals surface area contributed by atoms with Gasteiger partial charge in [0.15, 0.2) is 0 Å². The Morgan fingerprint density at radius 3 is 2.29 bits per heavy atom. The predicted molar refractivity (Wildman–Crippen MR) is 62.7 cm³/mol. The van der Waals surface area contributed by atoms with Gasteiger partial charge in [-0.3, -0.25) is 4.90 Å². The minimum absolute atomic E-state index is 0.0158. The Bertz CT molecular complexity index is 210. The summed E-state index contributed by atoms with van der Waals surface area (Å²) in [6.45, 7) is 3.35. The number of halogens is 3. The van der Waals surface area contributed by atoms with Crippen LogP contribution in [0.15, 0.2) is 0 Å². The fraction of sp³-hybridized carbons (Fsp3) is 1.00. The first-order valence-corrected chi connectivity index (χ1v) is 6.49. The molecule has 0 aromatic rings. The zero-order valence-electron chi connectivity index (χ0n) is 10.5. The van der Waals surface area contributed by atoms with Gasteiger partial charge in [0, 0.05) is 0 Å². The number of hydrogen-bond acceptors (Lipinski definition) is 2. The van der Waals surface area contributed by atoms with E-state index in [4.69, 9.17) is 5.73 Å². The second kappa shape index (κ2) is 6.59. The fourth-order valence-corrected chi connectivity index (χ4v) is 2.67. The monoisotopic (exact) mass is 252 g/mol. The van der Waals surface area contributed by atoms with Crippen molar-refractivity contribution in [1.82, 2.24) is 4.90 Å². The number of rotatable bonds is 5. The van der Waals surface area contributed by atoms with E-state index in [0.29, 0.717) is 19.0 Å². The summed E-state index contributed by atoms with van der Waals surface area (Å²) in [7, 11) is 0. The zero-order valence-corrected chi connectivity index (χ0v) is 10.5. The summed E-state index contributed by atoms with van der Waals surface area (Å²) in [5.74, 6) is 0.614. The van der Waals surface area contributed by atoms with Crippen LogP contribution in [0.1, 0.15) is 39.0 Å². The molecular formula is C12H23F3N2. The number of likely N-dealkylation sites (tertiary alicyclic amines) is 1. The van der Waals surface area contributed by atoms with E-state index < -0.39 is 12.2 Å². The molecule has 102 valence electrons. The lowest BCUT2D eigenvalue weighted by atomic mass is 9.91. The highest BCUT2D eigenvalue weighted by atomic mass is 19.4. The molecule has 0 amide bonds. The molecule has 17 heavy (non-hydrogen) atoms. The third-order valence-corrected chi connectivity index (χ3v) is 3.60. The van der Waals surface area contributed by atoms with E-state index in [1.807, 2.05) is 0 Å². The Morgan fingerprint density at radius 1 is 1.29 bits per heavy atom. The molecule has 0 bridgehead atoms. The largest absolute Gasteiger partial charge is 0.404 e. The Kier molecular flexibility index (Phi) is 5.73. The standard InChI is InChI=1S/C12H23F3N2/c1-2-3-10-5-8-17(9-6-10)11(4-7-16)12(13,14)15/h10-11H,2-9,16H2,1H3. The number of alkyl halides is 3. The molecule has 1 heterocycles. The van der Waals surface area contributed by atoms with E-state index >= 15 is 0 Å². The lowest BCUT2D eigenvalue weighted by Crippen LogP contribution is -2.50. The number of piperidine rings is 1. The van der Waals surface area contributed by atoms with Gasteiger partial charge < -0.3 is 5.73 Å². The van der Waals surface area contributed by atoms with Crippen molar-refractivity contribution in [3.8, 4) is 0 Å². The van der Waals surface area contributed by atoms with Crippen LogP contribution in [0.3, 0.4) is 0 Å². The average Bonchev–Trinajstić information content (AvgIpc) is 2.26. The molecule has 2 N–H and O–H groups in total. The van der Waals surface area contributed by atoms with E-state index in [-0.39, 0.29) is 13.0 Å². The van der Waals surface area contributed by atoms with Crippen LogP contribution in [0.4, 0.5) is 13.2 Å². The summed E-state index contributed by atoms with van der Waals surface area (Å²) in [6, 6.07) is -1.34. The molecule has 1 rings (SSSR count). The van der Waals surface area contributed by atoms with Crippen LogP contribution in [0, 0.1) is 5.92 Å². The van der Waals surface area contributed by atoms with E-state index in [1.165, 1.54) is 0 Å². The molecule has 0 radical (unpaired) electrons. The molecule has 5 heteroatoms. The molecule has 1 fully saturated rings. The first-order chi connectivity index (χ1) is 7.99. The molecule has 0 aliphatic carbocycles. The first kappa shape index (κ1) is 14.8. The lowest BCUT2D eigenvalue weighted by Gasteiger charge is -2.38. The van der Waals surface area contributed by atoms with Crippen LogP contribution in [0.25, 0.3) is 0 Å². The second-order valence-electron chi connectivity index (χ2n) is 4.90. The van der Waals surface area contributed by atoms with Gasteiger partial charge in [-0.05, 0) is 44.8 Å². The van der Waals surface area contributed by atoms with Crippen molar-refractivity contribution in [2.75, 3.05) is 19.6 Å². The Hall–Kier alpha value is -0.290. The van der Waals surface area contributed by atoms with Crippen molar-refractivity contribution >= 4 is 0 Å². The molecule has 0 spiro atoms. The van der Waals surface area contributed by atoms with Crippen molar-refractivity contribution in [3.63, 3.8) is 0 Å². The van der Waals surface area contributed by atoms with Crippen molar-refractivity contribution in [2.24, 2.45) is 11.7 Å². The third-order valence-electron chi connectivity index (χ3n) is 3.60. The zero-order chi connectivity index (χ0) is 12.9. The topological polar surface area (TPSA) is 29.3 Å². The molecule has 1 aliphatic heterocycles. The van der Waals surface area contributed by atoms with Crippen LogP contribution < -0.4 is 5.73 Å². The molecule has 1 atom stereocenters. The lowest BCUT2D eigenvalue weighted by molar-refractivity contribution is -0.188. The van der Waals surface area contributed by atoms with Crippen LogP contribution in [0.2, 0.25) is 0 Å². The molecule has 1 aliphatic rings. The Labute approximate surface area is 101 Å². The van der Waals surface area contributed by atoms with Crippen molar-refractivity contribution in [2.45, 2.75) is 51.2 Å². The van der Waals surface area contributed by atoms with Gasteiger partial charge >= 0.3 is 6.18 Å². The average molecular weight is 252 g/mol. The summed E-state index contributed by atoms with van der Waals surface area (Å²) >= 11 is 0. The summed E-state index contributed by atoms with van der Waals surface area (Å²) in [4.78, 5) is 1.57. The number of nitrogens with zero attached hydrogens (tertiary/aromatic N) is 1. The van der Waals surface area contributed by atoms with Crippen LogP contribution in [0.5, 0.6) is 0 Å². The summed E-state index contributed by atoms with van der Waals surface area (Å²) in [6.07, 6.45) is -0.0769. The van der Waals surface area contributed by atoms with Gasteiger partial charge in [0.05, 0.1) is 0 Å². The minimum Gasteiger partial charge on any atom is -0.330 e. The summed E-state index contributed by atoms with van der Waals surface area (Å²) in [5, 5.41) is 0. The van der Waals surface area contributed by atoms with Gasteiger partial charge in [0.1, 0.15) is 6.04 Å². The molecule has 1 unspecified atom stereocenters. The van der Waals surface area contributed by atoms with Gasteiger partial charge in [-0.15, -0.1) is 0 Å². The highest BCUT2D eigenvalue weighted by Gasteiger charge is 2.43. The maximum absolute atomic E-state index is 12.8. The van der Waals surface area contributed by atoms with Crippen molar-refractivity contribution < 1.29 is 13.2 Å². The van der Waals surface area contributed by atoms with E-state index in [0.717, 1.165) is 25.7 Å². The van der Waals surface area contributed by atoms with Gasteiger partial charge in [-0.25, -0.2) is 0 Å². The third kappa shape index (κ3) is 4.47. The van der Waals surface area contributed by atoms with Gasteiger partial charge in [-0.2, -0.15) is 13.2 Å². The Balaban J connectivity index is 2.49. The molecular weight excluding hydrogens is 229 g/mol. The van der Waals surface area contributed by atoms with Gasteiger partial charge in [0.25, 0.3) is 0 Å². The van der Waals surface area contributed by atoms with Crippen LogP contribution in [-0.2, 0) is 0 Å². The van der Waals surface area contributed by atoms with E-state index in [1.54, 1.807) is 4.90 Å². The molecule has 0 aromatic carbocycles. The van der Waals surface area contributed by atoms with Crippen molar-refractivity contribution in [3.05, 3.63) is 0 Å². The smallest absolute Gasteiger partial charge is 0.330 e. The fourth-order valence-electron chi connectivity index (χ4n) is 2.67. The van der Waals surface area contributed by atoms with Gasteiger partial charge in [-0.1, -0.05) is 19.8 Å². The first-order valence-electron chi connectivity index (χ1n) is 6.49. The van der Waals surface area contributed by atoms with Crippen LogP contribution >= 0.6 is 0 Å². The highest BCUT2D eigenvalue weighted by molar-refractivity contribution is 4.83. The molecule has 2 nitrogen and oxygen atoms in total. The van der Waals surface area contributed by atoms with E-state index in [2.05, 4.69) is 6.92 Å². The summed E-state index contributed by atoms with van der Waals surface area (Å²) in [5.41, 5.74) is 5.28. The molecule has 0 saturated carbocycles. The number of nitrogens with two attached hydrogens (primary N) is 1. The number of hydrogen-bond donors (Lipinski definition) is 1.